The van der Waals surface area contributed by atoms with Gasteiger partial charge in [0.1, 0.15) is 6.04 Å². The number of piperazine rings is 1. The van der Waals surface area contributed by atoms with Crippen molar-refractivity contribution in [3.63, 3.8) is 0 Å². The van der Waals surface area contributed by atoms with Crippen molar-refractivity contribution in [3.8, 4) is 0 Å². The average Bonchev–Trinajstić information content (AvgIpc) is 2.53. The second-order valence-electron chi connectivity index (χ2n) is 5.30. The van der Waals surface area contributed by atoms with Gasteiger partial charge in [0.2, 0.25) is 5.91 Å². The Balaban J connectivity index is 1.89. The van der Waals surface area contributed by atoms with Crippen LogP contribution in [0.3, 0.4) is 0 Å². The minimum atomic E-state index is -0.131. The Morgan fingerprint density at radius 2 is 2.30 bits per heavy atom. The molecule has 1 amide bonds. The van der Waals surface area contributed by atoms with Crippen LogP contribution < -0.4 is 10.6 Å². The van der Waals surface area contributed by atoms with Gasteiger partial charge in [0, 0.05) is 26.7 Å². The molecule has 0 radical (unpaired) electrons. The summed E-state index contributed by atoms with van der Waals surface area (Å²) in [6, 6.07) is 8.41. The fourth-order valence-corrected chi connectivity index (χ4v) is 3.14. The molecule has 2 heterocycles. The van der Waals surface area contributed by atoms with E-state index in [1.165, 1.54) is 11.1 Å². The van der Waals surface area contributed by atoms with E-state index in [0.29, 0.717) is 19.8 Å². The lowest BCUT2D eigenvalue weighted by molar-refractivity contribution is -0.128. The Hall–Kier alpha value is -1.43. The molecule has 2 aliphatic rings. The lowest BCUT2D eigenvalue weighted by atomic mass is 9.95. The third-order valence-corrected chi connectivity index (χ3v) is 4.18. The van der Waals surface area contributed by atoms with E-state index in [1.807, 2.05) is 6.07 Å². The molecule has 0 aliphatic carbocycles. The highest BCUT2D eigenvalue weighted by Gasteiger charge is 2.35. The number of hydrogen-bond donors (Lipinski definition) is 2. The molecule has 5 nitrogen and oxygen atoms in total. The summed E-state index contributed by atoms with van der Waals surface area (Å²) in [5, 5.41) is 6.07. The van der Waals surface area contributed by atoms with Crippen molar-refractivity contribution in [1.82, 2.24) is 15.5 Å². The van der Waals surface area contributed by atoms with Gasteiger partial charge in [-0.05, 0) is 11.1 Å². The van der Waals surface area contributed by atoms with Gasteiger partial charge in [-0.25, -0.2) is 0 Å². The maximum atomic E-state index is 12.1. The van der Waals surface area contributed by atoms with Crippen LogP contribution in [0.15, 0.2) is 24.3 Å². The molecule has 2 atom stereocenters. The Kier molecular flexibility index (Phi) is 4.00. The molecule has 108 valence electrons. The van der Waals surface area contributed by atoms with Crippen molar-refractivity contribution >= 4 is 5.91 Å². The number of carbonyl (C=O) groups is 1. The quantitative estimate of drug-likeness (QED) is 0.814. The molecule has 0 aromatic heterocycles. The molecule has 20 heavy (non-hydrogen) atoms. The zero-order valence-corrected chi connectivity index (χ0v) is 11.8. The van der Waals surface area contributed by atoms with Crippen LogP contribution in [0.5, 0.6) is 0 Å². The summed E-state index contributed by atoms with van der Waals surface area (Å²) in [4.78, 5) is 14.4. The van der Waals surface area contributed by atoms with Crippen LogP contribution in [0.1, 0.15) is 17.2 Å². The summed E-state index contributed by atoms with van der Waals surface area (Å²) in [5.74, 6) is 0.0697. The van der Waals surface area contributed by atoms with E-state index in [2.05, 4.69) is 33.7 Å². The van der Waals surface area contributed by atoms with Crippen molar-refractivity contribution < 1.29 is 9.53 Å². The molecule has 3 rings (SSSR count). The summed E-state index contributed by atoms with van der Waals surface area (Å²) >= 11 is 0. The first kappa shape index (κ1) is 13.5. The summed E-state index contributed by atoms with van der Waals surface area (Å²) < 4.78 is 5.73. The minimum absolute atomic E-state index is 0.0697. The Bertz CT molecular complexity index is 492. The van der Waals surface area contributed by atoms with Crippen molar-refractivity contribution in [2.45, 2.75) is 18.7 Å². The lowest BCUT2D eigenvalue weighted by Gasteiger charge is -2.42. The number of carbonyl (C=O) groups excluding carboxylic acids is 1. The number of hydrogen-bond acceptors (Lipinski definition) is 4. The van der Waals surface area contributed by atoms with Gasteiger partial charge in [-0.15, -0.1) is 0 Å². The van der Waals surface area contributed by atoms with E-state index in [1.54, 1.807) is 7.05 Å². The molecule has 1 fully saturated rings. The van der Waals surface area contributed by atoms with Gasteiger partial charge in [0.25, 0.3) is 0 Å². The summed E-state index contributed by atoms with van der Waals surface area (Å²) in [5.41, 5.74) is 2.53. The van der Waals surface area contributed by atoms with Crippen LogP contribution in [-0.2, 0) is 16.1 Å². The highest BCUT2D eigenvalue weighted by molar-refractivity contribution is 5.82. The largest absolute Gasteiger partial charge is 0.375 e. The highest BCUT2D eigenvalue weighted by Crippen LogP contribution is 2.31. The molecule has 0 saturated carbocycles. The summed E-state index contributed by atoms with van der Waals surface area (Å²) in [7, 11) is 1.69. The van der Waals surface area contributed by atoms with E-state index in [4.69, 9.17) is 4.74 Å². The molecular weight excluding hydrogens is 254 g/mol. The second kappa shape index (κ2) is 5.91. The maximum Gasteiger partial charge on any atom is 0.238 e. The molecule has 0 bridgehead atoms. The van der Waals surface area contributed by atoms with E-state index in [9.17, 15) is 4.79 Å². The summed E-state index contributed by atoms with van der Waals surface area (Å²) in [6.45, 7) is 3.79. The highest BCUT2D eigenvalue weighted by atomic mass is 16.5. The van der Waals surface area contributed by atoms with Crippen LogP contribution in [0.2, 0.25) is 0 Å². The van der Waals surface area contributed by atoms with E-state index in [0.717, 1.165) is 13.1 Å². The molecular formula is C15H21N3O2. The third kappa shape index (κ3) is 2.44. The van der Waals surface area contributed by atoms with Gasteiger partial charge in [0.05, 0.1) is 19.3 Å². The number of benzene rings is 1. The van der Waals surface area contributed by atoms with Crippen molar-refractivity contribution in [2.75, 3.05) is 33.3 Å². The smallest absolute Gasteiger partial charge is 0.238 e. The first-order valence-corrected chi connectivity index (χ1v) is 7.15. The van der Waals surface area contributed by atoms with Crippen LogP contribution in [0.4, 0.5) is 0 Å². The van der Waals surface area contributed by atoms with Crippen LogP contribution in [0.25, 0.3) is 0 Å². The van der Waals surface area contributed by atoms with Crippen LogP contribution >= 0.6 is 0 Å². The fourth-order valence-electron chi connectivity index (χ4n) is 3.14. The molecule has 0 spiro atoms. The topological polar surface area (TPSA) is 53.6 Å². The number of fused-ring (bicyclic) bond motifs is 1. The molecule has 1 saturated heterocycles. The first-order valence-electron chi connectivity index (χ1n) is 7.15. The Morgan fingerprint density at radius 1 is 1.45 bits per heavy atom. The van der Waals surface area contributed by atoms with Crippen molar-refractivity contribution in [2.24, 2.45) is 0 Å². The molecule has 5 heteroatoms. The number of rotatable bonds is 2. The Morgan fingerprint density at radius 3 is 3.15 bits per heavy atom. The zero-order chi connectivity index (χ0) is 13.9. The third-order valence-electron chi connectivity index (χ3n) is 4.18. The SMILES string of the molecule is CNC(=O)C1CNCCN1C1COCc2ccccc21. The van der Waals surface area contributed by atoms with Crippen LogP contribution in [-0.4, -0.2) is 50.1 Å². The lowest BCUT2D eigenvalue weighted by Crippen LogP contribution is -2.59. The maximum absolute atomic E-state index is 12.1. The molecule has 2 aliphatic heterocycles. The van der Waals surface area contributed by atoms with Gasteiger partial charge in [-0.3, -0.25) is 9.69 Å². The molecule has 1 aromatic rings. The fraction of sp³-hybridized carbons (Fsp3) is 0.533. The minimum Gasteiger partial charge on any atom is -0.375 e. The predicted octanol–water partition coefficient (Wildman–Crippen LogP) is 0.278. The number of nitrogens with one attached hydrogen (secondary N) is 2. The normalized spacial score (nSPS) is 26.9. The van der Waals surface area contributed by atoms with Crippen LogP contribution in [0, 0.1) is 0 Å². The number of nitrogens with zero attached hydrogens (tertiary/aromatic N) is 1. The van der Waals surface area contributed by atoms with Gasteiger partial charge in [0.15, 0.2) is 0 Å². The number of amides is 1. The van der Waals surface area contributed by atoms with Gasteiger partial charge in [-0.2, -0.15) is 0 Å². The first-order chi connectivity index (χ1) is 9.81. The Labute approximate surface area is 119 Å². The summed E-state index contributed by atoms with van der Waals surface area (Å²) in [6.07, 6.45) is 0. The average molecular weight is 275 g/mol. The van der Waals surface area contributed by atoms with E-state index < -0.39 is 0 Å². The van der Waals surface area contributed by atoms with Gasteiger partial charge < -0.3 is 15.4 Å². The monoisotopic (exact) mass is 275 g/mol. The molecule has 1 aromatic carbocycles. The van der Waals surface area contributed by atoms with E-state index in [-0.39, 0.29) is 18.0 Å². The molecule has 2 unspecified atom stereocenters. The van der Waals surface area contributed by atoms with E-state index >= 15 is 0 Å². The van der Waals surface area contributed by atoms with Gasteiger partial charge >= 0.3 is 0 Å². The standard InChI is InChI=1S/C15H21N3O2/c1-16-15(19)13-8-17-6-7-18(13)14-10-20-9-11-4-2-3-5-12(11)14/h2-5,13-14,17H,6-10H2,1H3,(H,16,19). The van der Waals surface area contributed by atoms with Crippen molar-refractivity contribution in [1.29, 1.82) is 0 Å². The molecule has 2 N–H and O–H groups in total. The van der Waals surface area contributed by atoms with Gasteiger partial charge in [-0.1, -0.05) is 24.3 Å². The second-order valence-corrected chi connectivity index (χ2v) is 5.30. The van der Waals surface area contributed by atoms with Crippen molar-refractivity contribution in [3.05, 3.63) is 35.4 Å². The number of ether oxygens (including phenoxy) is 1. The predicted molar refractivity (Wildman–Crippen MR) is 76.3 cm³/mol. The zero-order valence-electron chi connectivity index (χ0n) is 11.8. The number of likely N-dealkylation sites (N-methyl/N-ethyl adjacent to an activating group) is 1.